The van der Waals surface area contributed by atoms with Gasteiger partial charge in [-0.05, 0) is 55.6 Å². The minimum absolute atomic E-state index is 0.0822. The molecule has 1 aliphatic rings. The van der Waals surface area contributed by atoms with E-state index < -0.39 is 0 Å². The number of aryl methyl sites for hydroxylation is 1. The topological polar surface area (TPSA) is 52.6 Å². The number of nitrogens with one attached hydrogen (secondary N) is 1. The van der Waals surface area contributed by atoms with Crippen LogP contribution in [0, 0.1) is 0 Å². The number of nitrogens with zero attached hydrogens (tertiary/aromatic N) is 1. The van der Waals surface area contributed by atoms with Gasteiger partial charge in [0.2, 0.25) is 5.91 Å². The van der Waals surface area contributed by atoms with Gasteiger partial charge in [-0.1, -0.05) is 55.3 Å². The van der Waals surface area contributed by atoms with Gasteiger partial charge >= 0.3 is 0 Å². The van der Waals surface area contributed by atoms with Gasteiger partial charge < -0.3 is 10.4 Å². The Hall–Kier alpha value is -2.33. The van der Waals surface area contributed by atoms with Crippen molar-refractivity contribution < 1.29 is 9.90 Å². The van der Waals surface area contributed by atoms with Crippen molar-refractivity contribution in [2.75, 3.05) is 19.6 Å². The second-order valence-electron chi connectivity index (χ2n) is 7.35. The summed E-state index contributed by atoms with van der Waals surface area (Å²) in [5.41, 5.74) is 2.34. The molecule has 0 radical (unpaired) electrons. The summed E-state index contributed by atoms with van der Waals surface area (Å²) in [6, 6.07) is 17.8. The van der Waals surface area contributed by atoms with Crippen molar-refractivity contribution in [2.24, 2.45) is 0 Å². The molecule has 4 heteroatoms. The van der Waals surface area contributed by atoms with Gasteiger partial charge in [-0.3, -0.25) is 9.69 Å². The maximum atomic E-state index is 12.4. The highest BCUT2D eigenvalue weighted by Gasteiger charge is 2.21. The number of phenols is 1. The molecule has 1 fully saturated rings. The van der Waals surface area contributed by atoms with Crippen molar-refractivity contribution in [1.82, 2.24) is 10.2 Å². The lowest BCUT2D eigenvalue weighted by atomic mass is 10.0. The monoisotopic (exact) mass is 366 g/mol. The van der Waals surface area contributed by atoms with Crippen LogP contribution in [0.2, 0.25) is 0 Å². The fourth-order valence-corrected chi connectivity index (χ4v) is 3.76. The van der Waals surface area contributed by atoms with Crippen molar-refractivity contribution in [3.63, 3.8) is 0 Å². The fourth-order valence-electron chi connectivity index (χ4n) is 3.76. The average Bonchev–Trinajstić information content (AvgIpc) is 2.98. The van der Waals surface area contributed by atoms with Crippen LogP contribution < -0.4 is 5.32 Å². The van der Waals surface area contributed by atoms with Crippen LogP contribution in [0.25, 0.3) is 0 Å². The van der Waals surface area contributed by atoms with Crippen LogP contribution in [0.15, 0.2) is 54.6 Å². The van der Waals surface area contributed by atoms with Crippen molar-refractivity contribution in [1.29, 1.82) is 0 Å². The Balaban J connectivity index is 1.56. The number of phenolic OH excluding ortho intramolecular Hbond substituents is 1. The van der Waals surface area contributed by atoms with Crippen LogP contribution >= 0.6 is 0 Å². The van der Waals surface area contributed by atoms with Gasteiger partial charge in [0.25, 0.3) is 0 Å². The Morgan fingerprint density at radius 2 is 1.63 bits per heavy atom. The molecule has 4 nitrogen and oxygen atoms in total. The largest absolute Gasteiger partial charge is 0.508 e. The van der Waals surface area contributed by atoms with E-state index in [1.165, 1.54) is 31.2 Å². The highest BCUT2D eigenvalue weighted by atomic mass is 16.3. The van der Waals surface area contributed by atoms with Crippen LogP contribution in [0.1, 0.15) is 49.3 Å². The van der Waals surface area contributed by atoms with Crippen molar-refractivity contribution in [2.45, 2.75) is 44.6 Å². The summed E-state index contributed by atoms with van der Waals surface area (Å²) in [7, 11) is 0. The third-order valence-corrected chi connectivity index (χ3v) is 5.34. The molecule has 0 saturated carbocycles. The number of hydrogen-bond acceptors (Lipinski definition) is 3. The Morgan fingerprint density at radius 3 is 2.30 bits per heavy atom. The average molecular weight is 367 g/mol. The number of rotatable bonds is 7. The smallest absolute Gasteiger partial charge is 0.220 e. The molecule has 0 spiro atoms. The van der Waals surface area contributed by atoms with E-state index in [0.717, 1.165) is 18.7 Å². The SMILES string of the molecule is O=C(CCc1ccc(O)cc1)NC[C@@H](c1ccccc1)N1CCCCCC1. The van der Waals surface area contributed by atoms with E-state index in [9.17, 15) is 9.90 Å². The third kappa shape index (κ3) is 6.10. The van der Waals surface area contributed by atoms with Crippen molar-refractivity contribution >= 4 is 5.91 Å². The van der Waals surface area contributed by atoms with Gasteiger partial charge in [-0.15, -0.1) is 0 Å². The molecule has 0 unspecified atom stereocenters. The van der Waals surface area contributed by atoms with Crippen LogP contribution in [0.3, 0.4) is 0 Å². The van der Waals surface area contributed by atoms with Gasteiger partial charge in [0.15, 0.2) is 0 Å². The van der Waals surface area contributed by atoms with Gasteiger partial charge in [0.1, 0.15) is 5.75 Å². The first-order chi connectivity index (χ1) is 13.2. The van der Waals surface area contributed by atoms with Crippen molar-refractivity contribution in [3.8, 4) is 5.75 Å². The molecule has 0 aromatic heterocycles. The Morgan fingerprint density at radius 1 is 0.963 bits per heavy atom. The molecular formula is C23H30N2O2. The van der Waals surface area contributed by atoms with Crippen LogP contribution in [0.5, 0.6) is 5.75 Å². The minimum Gasteiger partial charge on any atom is -0.508 e. The number of carbonyl (C=O) groups excluding carboxylic acids is 1. The first kappa shape index (κ1) is 19.4. The summed E-state index contributed by atoms with van der Waals surface area (Å²) in [5.74, 6) is 0.338. The number of amides is 1. The second kappa shape index (κ2) is 10.1. The zero-order chi connectivity index (χ0) is 18.9. The number of carbonyl (C=O) groups is 1. The maximum Gasteiger partial charge on any atom is 0.220 e. The van der Waals surface area contributed by atoms with Crippen LogP contribution in [-0.4, -0.2) is 35.5 Å². The fraction of sp³-hybridized carbons (Fsp3) is 0.435. The Labute approximate surface area is 162 Å². The quantitative estimate of drug-likeness (QED) is 0.777. The molecule has 2 N–H and O–H groups in total. The number of hydrogen-bond donors (Lipinski definition) is 2. The van der Waals surface area contributed by atoms with E-state index in [-0.39, 0.29) is 17.7 Å². The molecule has 27 heavy (non-hydrogen) atoms. The lowest BCUT2D eigenvalue weighted by Crippen LogP contribution is -2.38. The first-order valence-electron chi connectivity index (χ1n) is 10.1. The van der Waals surface area contributed by atoms with E-state index in [1.54, 1.807) is 12.1 Å². The molecule has 1 atom stereocenters. The maximum absolute atomic E-state index is 12.4. The zero-order valence-electron chi connectivity index (χ0n) is 15.9. The molecule has 3 rings (SSSR count). The number of aromatic hydroxyl groups is 1. The highest BCUT2D eigenvalue weighted by Crippen LogP contribution is 2.23. The molecule has 1 saturated heterocycles. The van der Waals surface area contributed by atoms with Crippen LogP contribution in [0.4, 0.5) is 0 Å². The van der Waals surface area contributed by atoms with E-state index in [1.807, 2.05) is 18.2 Å². The standard InChI is InChI=1S/C23H30N2O2/c26-21-13-10-19(11-14-21)12-15-23(27)24-18-22(20-8-4-3-5-9-20)25-16-6-1-2-7-17-25/h3-5,8-11,13-14,22,26H,1-2,6-7,12,15-18H2,(H,24,27)/t22-/m0/s1. The van der Waals surface area contributed by atoms with E-state index in [2.05, 4.69) is 34.5 Å². The van der Waals surface area contributed by atoms with E-state index >= 15 is 0 Å². The van der Waals surface area contributed by atoms with Crippen molar-refractivity contribution in [3.05, 3.63) is 65.7 Å². The molecule has 2 aromatic rings. The normalized spacial score (nSPS) is 16.4. The Kier molecular flexibility index (Phi) is 7.28. The van der Waals surface area contributed by atoms with Gasteiger partial charge in [0, 0.05) is 13.0 Å². The van der Waals surface area contributed by atoms with Gasteiger partial charge in [-0.2, -0.15) is 0 Å². The molecule has 1 amide bonds. The summed E-state index contributed by atoms with van der Waals surface area (Å²) in [6.07, 6.45) is 6.22. The molecule has 2 aromatic carbocycles. The first-order valence-corrected chi connectivity index (χ1v) is 10.1. The highest BCUT2D eigenvalue weighted by molar-refractivity contribution is 5.76. The number of likely N-dealkylation sites (tertiary alicyclic amines) is 1. The summed E-state index contributed by atoms with van der Waals surface area (Å²) in [6.45, 7) is 2.85. The van der Waals surface area contributed by atoms with Crippen LogP contribution in [-0.2, 0) is 11.2 Å². The summed E-state index contributed by atoms with van der Waals surface area (Å²) >= 11 is 0. The third-order valence-electron chi connectivity index (χ3n) is 5.34. The molecule has 0 aliphatic carbocycles. The predicted octanol–water partition coefficient (Wildman–Crippen LogP) is 4.06. The zero-order valence-corrected chi connectivity index (χ0v) is 15.9. The summed E-state index contributed by atoms with van der Waals surface area (Å²) in [5, 5.41) is 12.5. The molecule has 144 valence electrons. The molecule has 1 heterocycles. The molecule has 1 aliphatic heterocycles. The van der Waals surface area contributed by atoms with E-state index in [0.29, 0.717) is 19.4 Å². The lowest BCUT2D eigenvalue weighted by molar-refractivity contribution is -0.121. The molecular weight excluding hydrogens is 336 g/mol. The predicted molar refractivity (Wildman–Crippen MR) is 109 cm³/mol. The van der Waals surface area contributed by atoms with Gasteiger partial charge in [-0.25, -0.2) is 0 Å². The second-order valence-corrected chi connectivity index (χ2v) is 7.35. The van der Waals surface area contributed by atoms with Gasteiger partial charge in [0.05, 0.1) is 6.04 Å². The molecule has 0 bridgehead atoms. The number of benzene rings is 2. The summed E-state index contributed by atoms with van der Waals surface area (Å²) in [4.78, 5) is 14.9. The van der Waals surface area contributed by atoms with E-state index in [4.69, 9.17) is 0 Å². The summed E-state index contributed by atoms with van der Waals surface area (Å²) < 4.78 is 0. The lowest BCUT2D eigenvalue weighted by Gasteiger charge is -2.31. The Bertz CT molecular complexity index is 692. The minimum atomic E-state index is 0.0822.